The molecule has 1 heteroatoms. The maximum Gasteiger partial charge on any atom is 0.0419 e. The summed E-state index contributed by atoms with van der Waals surface area (Å²) in [5.74, 6) is 0. The van der Waals surface area contributed by atoms with Crippen LogP contribution in [0.15, 0.2) is 54.6 Å². The van der Waals surface area contributed by atoms with E-state index < -0.39 is 0 Å². The molecule has 0 heterocycles. The number of allylic oxidation sites excluding steroid dienone is 1. The smallest absolute Gasteiger partial charge is 0.0419 e. The highest BCUT2D eigenvalue weighted by molar-refractivity contribution is 5.73. The molecule has 112 valence electrons. The molecule has 1 aliphatic carbocycles. The van der Waals surface area contributed by atoms with Crippen molar-refractivity contribution in [2.45, 2.75) is 40.7 Å². The second-order valence-corrected chi connectivity index (χ2v) is 4.32. The van der Waals surface area contributed by atoms with Crippen LogP contribution in [0.4, 0.5) is 5.69 Å². The summed E-state index contributed by atoms with van der Waals surface area (Å²) in [6, 6.07) is 17.0. The molecule has 2 aromatic carbocycles. The molecule has 0 unspecified atom stereocenters. The molecule has 0 fully saturated rings. The van der Waals surface area contributed by atoms with Crippen LogP contribution in [0, 0.1) is 0 Å². The van der Waals surface area contributed by atoms with Crippen molar-refractivity contribution in [3.63, 3.8) is 0 Å². The number of benzene rings is 2. The van der Waals surface area contributed by atoms with Gasteiger partial charge in [0.25, 0.3) is 0 Å². The number of anilines is 1. The van der Waals surface area contributed by atoms with E-state index in [1.807, 2.05) is 33.8 Å². The van der Waals surface area contributed by atoms with Crippen LogP contribution in [0.5, 0.6) is 0 Å². The normalized spacial score (nSPS) is 10.7. The molecular formula is C20H27N. The summed E-state index contributed by atoms with van der Waals surface area (Å²) in [7, 11) is 0. The minimum Gasteiger partial charge on any atom is -0.380 e. The molecule has 21 heavy (non-hydrogen) atoms. The molecule has 0 aromatic heterocycles. The second kappa shape index (κ2) is 9.82. The van der Waals surface area contributed by atoms with Crippen molar-refractivity contribution in [1.29, 1.82) is 0 Å². The minimum absolute atomic E-state index is 0.880. The van der Waals surface area contributed by atoms with Gasteiger partial charge in [-0.1, -0.05) is 82.3 Å². The van der Waals surface area contributed by atoms with Gasteiger partial charge in [-0.25, -0.2) is 0 Å². The third-order valence-electron chi connectivity index (χ3n) is 3.14. The van der Waals surface area contributed by atoms with Crippen LogP contribution in [-0.2, 0) is 13.0 Å². The molecule has 0 amide bonds. The van der Waals surface area contributed by atoms with Crippen LogP contribution in [-0.4, -0.2) is 0 Å². The Balaban J connectivity index is 0.000000510. The summed E-state index contributed by atoms with van der Waals surface area (Å²) in [6.45, 7) is 8.88. The average Bonchev–Trinajstić information content (AvgIpc) is 3.07. The van der Waals surface area contributed by atoms with E-state index in [2.05, 4.69) is 59.9 Å². The van der Waals surface area contributed by atoms with Crippen LogP contribution < -0.4 is 5.32 Å². The van der Waals surface area contributed by atoms with Gasteiger partial charge >= 0.3 is 0 Å². The average molecular weight is 281 g/mol. The van der Waals surface area contributed by atoms with Gasteiger partial charge in [-0.05, 0) is 23.6 Å². The summed E-state index contributed by atoms with van der Waals surface area (Å²) in [5, 5.41) is 3.51. The zero-order valence-electron chi connectivity index (χ0n) is 13.7. The fourth-order valence-electron chi connectivity index (χ4n) is 2.24. The van der Waals surface area contributed by atoms with Gasteiger partial charge in [0.05, 0.1) is 0 Å². The molecule has 0 atom stereocenters. The van der Waals surface area contributed by atoms with Crippen LogP contribution in [0.1, 0.15) is 44.4 Å². The van der Waals surface area contributed by atoms with Crippen molar-refractivity contribution in [3.8, 4) is 0 Å². The van der Waals surface area contributed by atoms with Gasteiger partial charge in [-0.2, -0.15) is 0 Å². The van der Waals surface area contributed by atoms with Crippen molar-refractivity contribution in [2.24, 2.45) is 0 Å². The van der Waals surface area contributed by atoms with E-state index in [1.165, 1.54) is 22.4 Å². The van der Waals surface area contributed by atoms with Crippen LogP contribution in [0.25, 0.3) is 6.08 Å². The van der Waals surface area contributed by atoms with E-state index in [4.69, 9.17) is 0 Å². The molecule has 3 rings (SSSR count). The largest absolute Gasteiger partial charge is 0.380 e. The first-order valence-electron chi connectivity index (χ1n) is 8.00. The highest BCUT2D eigenvalue weighted by atomic mass is 14.9. The third-order valence-corrected chi connectivity index (χ3v) is 3.14. The summed E-state index contributed by atoms with van der Waals surface area (Å²) >= 11 is 0. The number of rotatable bonds is 3. The summed E-state index contributed by atoms with van der Waals surface area (Å²) in [6.07, 6.45) is 5.50. The molecule has 1 N–H and O–H groups in total. The van der Waals surface area contributed by atoms with Gasteiger partial charge in [0, 0.05) is 17.8 Å². The van der Waals surface area contributed by atoms with E-state index in [9.17, 15) is 0 Å². The highest BCUT2D eigenvalue weighted by Gasteiger charge is 2.08. The maximum absolute atomic E-state index is 3.51. The molecule has 0 bridgehead atoms. The predicted octanol–water partition coefficient (Wildman–Crippen LogP) is 5.92. The van der Waals surface area contributed by atoms with E-state index in [-0.39, 0.29) is 0 Å². The molecule has 0 saturated carbocycles. The van der Waals surface area contributed by atoms with Crippen LogP contribution in [0.2, 0.25) is 0 Å². The van der Waals surface area contributed by atoms with Crippen molar-refractivity contribution in [3.05, 3.63) is 71.3 Å². The van der Waals surface area contributed by atoms with E-state index in [0.29, 0.717) is 0 Å². The Morgan fingerprint density at radius 2 is 1.57 bits per heavy atom. The SMILES string of the molecule is C1=Cc2c(cccc2NCc2ccccc2)C1.CC.CC. The summed E-state index contributed by atoms with van der Waals surface area (Å²) < 4.78 is 0. The molecule has 0 spiro atoms. The van der Waals surface area contributed by atoms with Crippen molar-refractivity contribution in [2.75, 3.05) is 5.32 Å². The lowest BCUT2D eigenvalue weighted by molar-refractivity contribution is 1.14. The number of fused-ring (bicyclic) bond motifs is 1. The third kappa shape index (κ3) is 4.78. The molecule has 1 nitrogen and oxygen atoms in total. The van der Waals surface area contributed by atoms with Gasteiger partial charge < -0.3 is 5.32 Å². The second-order valence-electron chi connectivity index (χ2n) is 4.32. The maximum atomic E-state index is 3.51. The molecule has 2 aromatic rings. The number of hydrogen-bond donors (Lipinski definition) is 1. The lowest BCUT2D eigenvalue weighted by Gasteiger charge is -2.10. The van der Waals surface area contributed by atoms with E-state index >= 15 is 0 Å². The van der Waals surface area contributed by atoms with Crippen molar-refractivity contribution in [1.82, 2.24) is 0 Å². The standard InChI is InChI=1S/C16H15N.2C2H6/c1-2-6-13(7-3-1)12-17-16-11-5-9-14-8-4-10-15(14)16;2*1-2/h1-7,9-11,17H,8,12H2;2*1-2H3. The first-order valence-corrected chi connectivity index (χ1v) is 8.00. The van der Waals surface area contributed by atoms with Crippen LogP contribution >= 0.6 is 0 Å². The zero-order valence-corrected chi connectivity index (χ0v) is 13.7. The first-order chi connectivity index (χ1) is 10.4. The van der Waals surface area contributed by atoms with Gasteiger partial charge in [-0.15, -0.1) is 0 Å². The van der Waals surface area contributed by atoms with E-state index in [1.54, 1.807) is 0 Å². The van der Waals surface area contributed by atoms with Crippen molar-refractivity contribution >= 4 is 11.8 Å². The Labute approximate surface area is 129 Å². The number of hydrogen-bond acceptors (Lipinski definition) is 1. The Morgan fingerprint density at radius 3 is 2.29 bits per heavy atom. The molecule has 0 radical (unpaired) electrons. The Bertz CT molecular complexity index is 541. The Morgan fingerprint density at radius 1 is 0.857 bits per heavy atom. The minimum atomic E-state index is 0.880. The van der Waals surface area contributed by atoms with Crippen molar-refractivity contribution < 1.29 is 0 Å². The highest BCUT2D eigenvalue weighted by Crippen LogP contribution is 2.27. The summed E-state index contributed by atoms with van der Waals surface area (Å²) in [4.78, 5) is 0. The lowest BCUT2D eigenvalue weighted by Crippen LogP contribution is -2.01. The zero-order chi connectivity index (χ0) is 15.5. The summed E-state index contributed by atoms with van der Waals surface area (Å²) in [5.41, 5.74) is 5.32. The Hall–Kier alpha value is -2.02. The Kier molecular flexibility index (Phi) is 7.96. The van der Waals surface area contributed by atoms with Gasteiger partial charge in [0.1, 0.15) is 0 Å². The quantitative estimate of drug-likeness (QED) is 0.736. The lowest BCUT2D eigenvalue weighted by atomic mass is 10.1. The molecular weight excluding hydrogens is 254 g/mol. The number of nitrogens with one attached hydrogen (secondary N) is 1. The first kappa shape index (κ1) is 17.0. The van der Waals surface area contributed by atoms with Crippen LogP contribution in [0.3, 0.4) is 0 Å². The van der Waals surface area contributed by atoms with E-state index in [0.717, 1.165) is 13.0 Å². The molecule has 1 aliphatic rings. The predicted molar refractivity (Wildman–Crippen MR) is 95.6 cm³/mol. The monoisotopic (exact) mass is 281 g/mol. The topological polar surface area (TPSA) is 12.0 Å². The molecule has 0 aliphatic heterocycles. The van der Waals surface area contributed by atoms with Gasteiger partial charge in [0.2, 0.25) is 0 Å². The van der Waals surface area contributed by atoms with Gasteiger partial charge in [0.15, 0.2) is 0 Å². The van der Waals surface area contributed by atoms with Gasteiger partial charge in [-0.3, -0.25) is 0 Å². The fraction of sp³-hybridized carbons (Fsp3) is 0.300. The fourth-order valence-corrected chi connectivity index (χ4v) is 2.24. The molecule has 0 saturated heterocycles.